The van der Waals surface area contributed by atoms with Gasteiger partial charge < -0.3 is 5.11 Å². The van der Waals surface area contributed by atoms with Crippen LogP contribution in [0.15, 0.2) is 48.5 Å². The van der Waals surface area contributed by atoms with E-state index in [-0.39, 0.29) is 0 Å². The first-order chi connectivity index (χ1) is 11.7. The number of aromatic hydroxyl groups is 1. The van der Waals surface area contributed by atoms with Gasteiger partial charge in [-0.1, -0.05) is 24.3 Å². The van der Waals surface area contributed by atoms with Crippen LogP contribution >= 0.6 is 0 Å². The van der Waals surface area contributed by atoms with Crippen molar-refractivity contribution in [3.05, 3.63) is 65.2 Å². The Morgan fingerprint density at radius 3 is 2.21 bits per heavy atom. The minimum absolute atomic E-state index is 0.342. The van der Waals surface area contributed by atoms with E-state index in [4.69, 9.17) is 5.26 Å². The number of aryl methyl sites for hydroxylation is 1. The van der Waals surface area contributed by atoms with Gasteiger partial charge in [-0.15, -0.1) is 0 Å². The van der Waals surface area contributed by atoms with E-state index in [9.17, 15) is 5.11 Å². The van der Waals surface area contributed by atoms with Gasteiger partial charge in [0, 0.05) is 6.54 Å². The maximum absolute atomic E-state index is 9.33. The lowest BCUT2D eigenvalue weighted by Gasteiger charge is -2.32. The first-order valence-electron chi connectivity index (χ1n) is 8.72. The average Bonchev–Trinajstić information content (AvgIpc) is 2.63. The number of hydrogen-bond donors (Lipinski definition) is 1. The summed E-state index contributed by atoms with van der Waals surface area (Å²) in [6.07, 6.45) is 4.85. The maximum Gasteiger partial charge on any atom is 0.115 e. The molecule has 124 valence electrons. The third-order valence-electron chi connectivity index (χ3n) is 4.97. The molecule has 0 aliphatic carbocycles. The standard InChI is InChI=1S/C21H24N2O/c22-15-19-3-5-20(6-4-19)16-23-13-11-18(12-14-23)2-1-17-7-9-21(24)10-8-17/h3-10,18,24H,1-2,11-14,16H2. The molecule has 1 saturated heterocycles. The Kier molecular flexibility index (Phi) is 5.51. The van der Waals surface area contributed by atoms with Crippen LogP contribution in [0.1, 0.15) is 36.0 Å². The van der Waals surface area contributed by atoms with Gasteiger partial charge in [-0.05, 0) is 80.1 Å². The number of likely N-dealkylation sites (tertiary alicyclic amines) is 1. The summed E-state index contributed by atoms with van der Waals surface area (Å²) < 4.78 is 0. The van der Waals surface area contributed by atoms with Gasteiger partial charge >= 0.3 is 0 Å². The Morgan fingerprint density at radius 2 is 1.58 bits per heavy atom. The fourth-order valence-electron chi connectivity index (χ4n) is 3.41. The fraction of sp³-hybridized carbons (Fsp3) is 0.381. The zero-order valence-electron chi connectivity index (χ0n) is 14.0. The SMILES string of the molecule is N#Cc1ccc(CN2CCC(CCc3ccc(O)cc3)CC2)cc1. The van der Waals surface area contributed by atoms with Crippen molar-refractivity contribution in [1.29, 1.82) is 5.26 Å². The van der Waals surface area contributed by atoms with E-state index in [1.54, 1.807) is 12.1 Å². The molecule has 1 heterocycles. The van der Waals surface area contributed by atoms with Crippen molar-refractivity contribution in [2.45, 2.75) is 32.2 Å². The van der Waals surface area contributed by atoms with E-state index < -0.39 is 0 Å². The zero-order valence-corrected chi connectivity index (χ0v) is 14.0. The molecule has 0 atom stereocenters. The van der Waals surface area contributed by atoms with Gasteiger partial charge in [0.2, 0.25) is 0 Å². The van der Waals surface area contributed by atoms with Crippen LogP contribution < -0.4 is 0 Å². The van der Waals surface area contributed by atoms with Crippen LogP contribution in [0.3, 0.4) is 0 Å². The van der Waals surface area contributed by atoms with Crippen LogP contribution in [0.25, 0.3) is 0 Å². The zero-order chi connectivity index (χ0) is 16.8. The van der Waals surface area contributed by atoms with E-state index in [1.165, 1.54) is 30.4 Å². The largest absolute Gasteiger partial charge is 0.508 e. The van der Waals surface area contributed by atoms with Gasteiger partial charge in [-0.2, -0.15) is 5.26 Å². The third kappa shape index (κ3) is 4.59. The Labute approximate surface area is 144 Å². The molecule has 0 saturated carbocycles. The summed E-state index contributed by atoms with van der Waals surface area (Å²) in [5.41, 5.74) is 3.33. The summed E-state index contributed by atoms with van der Waals surface area (Å²) >= 11 is 0. The molecule has 24 heavy (non-hydrogen) atoms. The van der Waals surface area contributed by atoms with Gasteiger partial charge in [-0.3, -0.25) is 4.90 Å². The normalized spacial score (nSPS) is 16.0. The van der Waals surface area contributed by atoms with Crippen molar-refractivity contribution >= 4 is 0 Å². The number of phenols is 1. The number of hydrogen-bond acceptors (Lipinski definition) is 3. The van der Waals surface area contributed by atoms with Crippen LogP contribution in [-0.4, -0.2) is 23.1 Å². The summed E-state index contributed by atoms with van der Waals surface area (Å²) in [5.74, 6) is 1.14. The van der Waals surface area contributed by atoms with Crippen molar-refractivity contribution in [3.8, 4) is 11.8 Å². The molecule has 2 aromatic carbocycles. The molecule has 0 spiro atoms. The Bertz CT molecular complexity index is 677. The molecule has 3 rings (SSSR count). The molecule has 1 aliphatic heterocycles. The van der Waals surface area contributed by atoms with Gasteiger partial charge in [0.05, 0.1) is 11.6 Å². The predicted octanol–water partition coefficient (Wildman–Crippen LogP) is 4.11. The summed E-state index contributed by atoms with van der Waals surface area (Å²) in [6.45, 7) is 3.29. The Morgan fingerprint density at radius 1 is 0.958 bits per heavy atom. The van der Waals surface area contributed by atoms with Crippen LogP contribution in [0.2, 0.25) is 0 Å². The number of benzene rings is 2. The van der Waals surface area contributed by atoms with Crippen LogP contribution in [-0.2, 0) is 13.0 Å². The molecule has 1 fully saturated rings. The van der Waals surface area contributed by atoms with Gasteiger partial charge in [0.1, 0.15) is 5.75 Å². The molecule has 2 aromatic rings. The molecule has 0 radical (unpaired) electrons. The van der Waals surface area contributed by atoms with Crippen LogP contribution in [0.5, 0.6) is 5.75 Å². The fourth-order valence-corrected chi connectivity index (χ4v) is 3.41. The highest BCUT2D eigenvalue weighted by Gasteiger charge is 2.19. The first-order valence-corrected chi connectivity index (χ1v) is 8.72. The number of nitriles is 1. The van der Waals surface area contributed by atoms with Gasteiger partial charge in [-0.25, -0.2) is 0 Å². The lowest BCUT2D eigenvalue weighted by atomic mass is 9.90. The molecule has 3 nitrogen and oxygen atoms in total. The van der Waals surface area contributed by atoms with Crippen molar-refractivity contribution in [2.75, 3.05) is 13.1 Å². The first kappa shape index (κ1) is 16.5. The molecule has 3 heteroatoms. The summed E-state index contributed by atoms with van der Waals surface area (Å²) in [6, 6.07) is 17.7. The van der Waals surface area contributed by atoms with E-state index in [0.717, 1.165) is 37.5 Å². The van der Waals surface area contributed by atoms with E-state index in [0.29, 0.717) is 5.75 Å². The molecule has 0 bridgehead atoms. The number of rotatable bonds is 5. The predicted molar refractivity (Wildman–Crippen MR) is 95.6 cm³/mol. The van der Waals surface area contributed by atoms with Crippen molar-refractivity contribution < 1.29 is 5.11 Å². The second-order valence-corrected chi connectivity index (χ2v) is 6.73. The minimum Gasteiger partial charge on any atom is -0.508 e. The molecule has 1 aliphatic rings. The number of piperidine rings is 1. The highest BCUT2D eigenvalue weighted by molar-refractivity contribution is 5.31. The highest BCUT2D eigenvalue weighted by Crippen LogP contribution is 2.24. The topological polar surface area (TPSA) is 47.3 Å². The molecule has 0 aromatic heterocycles. The highest BCUT2D eigenvalue weighted by atomic mass is 16.3. The lowest BCUT2D eigenvalue weighted by Crippen LogP contribution is -2.33. The summed E-state index contributed by atoms with van der Waals surface area (Å²) in [7, 11) is 0. The Balaban J connectivity index is 1.42. The second kappa shape index (κ2) is 7.99. The number of nitrogens with zero attached hydrogens (tertiary/aromatic N) is 2. The molecule has 0 unspecified atom stereocenters. The smallest absolute Gasteiger partial charge is 0.115 e. The van der Waals surface area contributed by atoms with Crippen LogP contribution in [0, 0.1) is 17.2 Å². The van der Waals surface area contributed by atoms with E-state index in [1.807, 2.05) is 24.3 Å². The molecular formula is C21H24N2O. The average molecular weight is 320 g/mol. The minimum atomic E-state index is 0.342. The number of phenolic OH excluding ortho intramolecular Hbond substituents is 1. The third-order valence-corrected chi connectivity index (χ3v) is 4.97. The molecule has 1 N–H and O–H groups in total. The van der Waals surface area contributed by atoms with Gasteiger partial charge in [0.25, 0.3) is 0 Å². The quantitative estimate of drug-likeness (QED) is 0.902. The van der Waals surface area contributed by atoms with E-state index in [2.05, 4.69) is 23.1 Å². The Hall–Kier alpha value is -2.31. The molecular weight excluding hydrogens is 296 g/mol. The van der Waals surface area contributed by atoms with Gasteiger partial charge in [0.15, 0.2) is 0 Å². The van der Waals surface area contributed by atoms with Crippen molar-refractivity contribution in [1.82, 2.24) is 4.90 Å². The van der Waals surface area contributed by atoms with Crippen molar-refractivity contribution in [2.24, 2.45) is 5.92 Å². The summed E-state index contributed by atoms with van der Waals surface area (Å²) in [4.78, 5) is 2.51. The maximum atomic E-state index is 9.33. The monoisotopic (exact) mass is 320 g/mol. The van der Waals surface area contributed by atoms with Crippen LogP contribution in [0.4, 0.5) is 0 Å². The molecule has 0 amide bonds. The lowest BCUT2D eigenvalue weighted by molar-refractivity contribution is 0.172. The second-order valence-electron chi connectivity index (χ2n) is 6.73. The summed E-state index contributed by atoms with van der Waals surface area (Å²) in [5, 5.41) is 18.2. The van der Waals surface area contributed by atoms with Crippen molar-refractivity contribution in [3.63, 3.8) is 0 Å². The van der Waals surface area contributed by atoms with E-state index >= 15 is 0 Å².